The van der Waals surface area contributed by atoms with Crippen molar-refractivity contribution in [3.63, 3.8) is 0 Å². The van der Waals surface area contributed by atoms with E-state index in [-0.39, 0.29) is 0 Å². The van der Waals surface area contributed by atoms with E-state index >= 15 is 0 Å². The molecule has 0 spiro atoms. The van der Waals surface area contributed by atoms with Crippen LogP contribution in [0.4, 0.5) is 5.13 Å². The van der Waals surface area contributed by atoms with Crippen LogP contribution in [0.1, 0.15) is 18.7 Å². The summed E-state index contributed by atoms with van der Waals surface area (Å²) in [5.41, 5.74) is 0. The number of anilines is 1. The summed E-state index contributed by atoms with van der Waals surface area (Å²) in [6.45, 7) is 8.72. The normalized spacial score (nSPS) is 17.6. The zero-order valence-electron chi connectivity index (χ0n) is 12.9. The number of nitrogens with one attached hydrogen (secondary N) is 1. The van der Waals surface area contributed by atoms with E-state index in [4.69, 9.17) is 0 Å². The minimum absolute atomic E-state index is 0.541. The van der Waals surface area contributed by atoms with Crippen LogP contribution in [0.2, 0.25) is 0 Å². The summed E-state index contributed by atoms with van der Waals surface area (Å²) in [5.74, 6) is 0.640. The van der Waals surface area contributed by atoms with E-state index in [1.165, 1.54) is 15.4 Å². The lowest BCUT2D eigenvalue weighted by Gasteiger charge is -2.32. The van der Waals surface area contributed by atoms with E-state index in [9.17, 15) is 8.42 Å². The lowest BCUT2D eigenvalue weighted by atomic mass is 10.2. The average Bonchev–Trinajstić information content (AvgIpc) is 2.86. The summed E-state index contributed by atoms with van der Waals surface area (Å²) in [6.07, 6.45) is 3.18. The maximum atomic E-state index is 11.5. The van der Waals surface area contributed by atoms with E-state index < -0.39 is 10.0 Å². The first-order chi connectivity index (χ1) is 9.86. The van der Waals surface area contributed by atoms with Gasteiger partial charge in [-0.2, -0.15) is 4.31 Å². The van der Waals surface area contributed by atoms with Crippen molar-refractivity contribution in [1.82, 2.24) is 14.6 Å². The zero-order chi connectivity index (χ0) is 15.5. The predicted molar refractivity (Wildman–Crippen MR) is 87.3 cm³/mol. The highest BCUT2D eigenvalue weighted by Crippen LogP contribution is 2.24. The smallest absolute Gasteiger partial charge is 0.211 e. The van der Waals surface area contributed by atoms with Gasteiger partial charge in [-0.3, -0.25) is 0 Å². The fourth-order valence-corrected chi connectivity index (χ4v) is 3.98. The largest absolute Gasteiger partial charge is 0.345 e. The van der Waals surface area contributed by atoms with Gasteiger partial charge in [0.1, 0.15) is 0 Å². The minimum Gasteiger partial charge on any atom is -0.345 e. The topological polar surface area (TPSA) is 65.5 Å². The van der Waals surface area contributed by atoms with Gasteiger partial charge in [0.05, 0.1) is 6.26 Å². The molecule has 0 bridgehead atoms. The molecule has 0 aromatic carbocycles. The number of nitrogens with zero attached hydrogens (tertiary/aromatic N) is 3. The third-order valence-electron chi connectivity index (χ3n) is 3.37. The molecular weight excluding hydrogens is 308 g/mol. The van der Waals surface area contributed by atoms with Gasteiger partial charge < -0.3 is 10.2 Å². The average molecular weight is 332 g/mol. The van der Waals surface area contributed by atoms with Crippen molar-refractivity contribution in [1.29, 1.82) is 0 Å². The molecule has 21 heavy (non-hydrogen) atoms. The molecular formula is C13H24N4O2S2. The molecule has 6 nitrogen and oxygen atoms in total. The Morgan fingerprint density at radius 1 is 1.33 bits per heavy atom. The lowest BCUT2D eigenvalue weighted by Crippen LogP contribution is -2.48. The van der Waals surface area contributed by atoms with Crippen LogP contribution in [0, 0.1) is 5.92 Å². The van der Waals surface area contributed by atoms with Crippen molar-refractivity contribution in [2.24, 2.45) is 5.92 Å². The molecule has 1 saturated heterocycles. The van der Waals surface area contributed by atoms with Crippen LogP contribution in [0.3, 0.4) is 0 Å². The van der Waals surface area contributed by atoms with Crippen molar-refractivity contribution in [2.75, 3.05) is 43.9 Å². The molecule has 1 aliphatic heterocycles. The Morgan fingerprint density at radius 2 is 2.00 bits per heavy atom. The van der Waals surface area contributed by atoms with Crippen LogP contribution < -0.4 is 10.2 Å². The summed E-state index contributed by atoms with van der Waals surface area (Å²) in [6, 6.07) is 0. The second kappa shape index (κ2) is 7.04. The first kappa shape index (κ1) is 16.7. The van der Waals surface area contributed by atoms with Gasteiger partial charge in [-0.05, 0) is 12.5 Å². The third kappa shape index (κ3) is 4.91. The lowest BCUT2D eigenvalue weighted by molar-refractivity contribution is 0.388. The quantitative estimate of drug-likeness (QED) is 0.841. The number of hydrogen-bond donors (Lipinski definition) is 1. The first-order valence-corrected chi connectivity index (χ1v) is 9.88. The van der Waals surface area contributed by atoms with Crippen LogP contribution in [0.5, 0.6) is 0 Å². The van der Waals surface area contributed by atoms with Crippen molar-refractivity contribution in [2.45, 2.75) is 20.4 Å². The highest BCUT2D eigenvalue weighted by Gasteiger charge is 2.24. The van der Waals surface area contributed by atoms with Gasteiger partial charge in [0.25, 0.3) is 0 Å². The molecule has 0 radical (unpaired) electrons. The van der Waals surface area contributed by atoms with Crippen LogP contribution in [0.25, 0.3) is 0 Å². The Morgan fingerprint density at radius 3 is 2.57 bits per heavy atom. The summed E-state index contributed by atoms with van der Waals surface area (Å²) >= 11 is 1.68. The molecule has 1 aliphatic rings. The van der Waals surface area contributed by atoms with Crippen LogP contribution >= 0.6 is 11.3 Å². The Hall–Kier alpha value is -0.700. The Balaban J connectivity index is 1.85. The van der Waals surface area contributed by atoms with Crippen molar-refractivity contribution in [3.05, 3.63) is 11.1 Å². The van der Waals surface area contributed by atoms with E-state index in [0.717, 1.165) is 18.2 Å². The molecule has 0 unspecified atom stereocenters. The number of thiazole rings is 1. The number of sulfonamides is 1. The number of aromatic nitrogens is 1. The Kier molecular flexibility index (Phi) is 5.59. The van der Waals surface area contributed by atoms with Gasteiger partial charge in [0.15, 0.2) is 5.13 Å². The van der Waals surface area contributed by atoms with Gasteiger partial charge in [-0.1, -0.05) is 13.8 Å². The minimum atomic E-state index is -3.07. The molecule has 2 heterocycles. The monoisotopic (exact) mass is 332 g/mol. The van der Waals surface area contributed by atoms with Crippen molar-refractivity contribution < 1.29 is 8.42 Å². The van der Waals surface area contributed by atoms with E-state index in [1.807, 2.05) is 6.20 Å². The summed E-state index contributed by atoms with van der Waals surface area (Å²) in [5, 5.41) is 4.40. The van der Waals surface area contributed by atoms with Crippen molar-refractivity contribution >= 4 is 26.5 Å². The fourth-order valence-electron chi connectivity index (χ4n) is 2.22. The maximum Gasteiger partial charge on any atom is 0.211 e. The van der Waals surface area contributed by atoms with E-state index in [2.05, 4.69) is 29.0 Å². The third-order valence-corrected chi connectivity index (χ3v) is 5.73. The molecule has 0 saturated carbocycles. The standard InChI is InChI=1S/C13H24N4O2S2/c1-11(2)8-14-9-12-10-15-13(20-12)16-4-6-17(7-5-16)21(3,18)19/h10-11,14H,4-9H2,1-3H3. The SMILES string of the molecule is CC(C)CNCc1cnc(N2CCN(S(C)(=O)=O)CC2)s1. The molecule has 1 fully saturated rings. The summed E-state index contributed by atoms with van der Waals surface area (Å²) in [7, 11) is -3.07. The molecule has 1 N–H and O–H groups in total. The second-order valence-corrected chi connectivity index (χ2v) is 8.86. The van der Waals surface area contributed by atoms with Gasteiger partial charge in [-0.25, -0.2) is 13.4 Å². The number of rotatable bonds is 6. The van der Waals surface area contributed by atoms with E-state index in [0.29, 0.717) is 32.1 Å². The molecule has 1 aromatic heterocycles. The molecule has 0 aliphatic carbocycles. The maximum absolute atomic E-state index is 11.5. The van der Waals surface area contributed by atoms with E-state index in [1.54, 1.807) is 11.3 Å². The molecule has 8 heteroatoms. The Bertz CT molecular complexity index is 548. The zero-order valence-corrected chi connectivity index (χ0v) is 14.5. The van der Waals surface area contributed by atoms with Crippen LogP contribution in [-0.4, -0.2) is 56.7 Å². The van der Waals surface area contributed by atoms with Crippen LogP contribution in [0.15, 0.2) is 6.20 Å². The molecule has 0 atom stereocenters. The number of hydrogen-bond acceptors (Lipinski definition) is 6. The molecule has 1 aromatic rings. The van der Waals surface area contributed by atoms with Crippen LogP contribution in [-0.2, 0) is 16.6 Å². The number of piperazine rings is 1. The predicted octanol–water partition coefficient (Wildman–Crippen LogP) is 0.970. The van der Waals surface area contributed by atoms with Gasteiger partial charge in [-0.15, -0.1) is 11.3 Å². The molecule has 0 amide bonds. The molecule has 2 rings (SSSR count). The molecule has 120 valence electrons. The first-order valence-electron chi connectivity index (χ1n) is 7.22. The second-order valence-electron chi connectivity index (χ2n) is 5.78. The van der Waals surface area contributed by atoms with Gasteiger partial charge in [0, 0.05) is 43.8 Å². The summed E-state index contributed by atoms with van der Waals surface area (Å²) < 4.78 is 24.5. The highest BCUT2D eigenvalue weighted by molar-refractivity contribution is 7.88. The highest BCUT2D eigenvalue weighted by atomic mass is 32.2. The summed E-state index contributed by atoms with van der Waals surface area (Å²) in [4.78, 5) is 7.84. The van der Waals surface area contributed by atoms with Gasteiger partial charge in [0.2, 0.25) is 10.0 Å². The van der Waals surface area contributed by atoms with Crippen molar-refractivity contribution in [3.8, 4) is 0 Å². The fraction of sp³-hybridized carbons (Fsp3) is 0.769. The Labute approximate surface area is 131 Å². The van der Waals surface area contributed by atoms with Gasteiger partial charge >= 0.3 is 0 Å².